The summed E-state index contributed by atoms with van der Waals surface area (Å²) >= 11 is 16.9. The molecular weight excluding hydrogens is 315 g/mol. The molecule has 3 N–H and O–H groups in total. The molecule has 1 rings (SSSR count). The van der Waals surface area contributed by atoms with Crippen molar-refractivity contribution in [2.24, 2.45) is 17.6 Å². The summed E-state index contributed by atoms with van der Waals surface area (Å²) in [5.74, 6) is -0.634. The second-order valence-electron chi connectivity index (χ2n) is 5.02. The molecule has 0 heterocycles. The number of rotatable bonds is 5. The predicted octanol–water partition coefficient (Wildman–Crippen LogP) is 3.73. The van der Waals surface area contributed by atoms with Gasteiger partial charge in [0.1, 0.15) is 0 Å². The first-order valence-electron chi connectivity index (χ1n) is 6.28. The van der Waals surface area contributed by atoms with Gasteiger partial charge in [0.05, 0.1) is 16.9 Å². The molecular formula is C14H18Cl2N2OS. The van der Waals surface area contributed by atoms with Gasteiger partial charge in [-0.1, -0.05) is 55.3 Å². The SMILES string of the molecule is CC(NC(=O)C(C(N)=S)C(C)C)c1ccc(Cl)cc1Cl. The Hall–Kier alpha value is -0.840. The third kappa shape index (κ3) is 4.33. The highest BCUT2D eigenvalue weighted by molar-refractivity contribution is 7.80. The molecule has 0 spiro atoms. The maximum absolute atomic E-state index is 12.2. The third-order valence-electron chi connectivity index (χ3n) is 3.04. The summed E-state index contributed by atoms with van der Waals surface area (Å²) in [6.45, 7) is 5.66. The normalized spacial score (nSPS) is 13.9. The van der Waals surface area contributed by atoms with Crippen LogP contribution in [-0.2, 0) is 4.79 Å². The molecule has 0 aliphatic heterocycles. The van der Waals surface area contributed by atoms with Gasteiger partial charge in [0, 0.05) is 10.0 Å². The van der Waals surface area contributed by atoms with Crippen molar-refractivity contribution < 1.29 is 4.79 Å². The Kier molecular flexibility index (Phi) is 6.24. The van der Waals surface area contributed by atoms with Crippen LogP contribution in [0.15, 0.2) is 18.2 Å². The van der Waals surface area contributed by atoms with Gasteiger partial charge in [-0.3, -0.25) is 4.79 Å². The van der Waals surface area contributed by atoms with E-state index in [9.17, 15) is 4.79 Å². The summed E-state index contributed by atoms with van der Waals surface area (Å²) in [4.78, 5) is 12.4. The van der Waals surface area contributed by atoms with Gasteiger partial charge in [-0.15, -0.1) is 0 Å². The van der Waals surface area contributed by atoms with Gasteiger partial charge in [-0.05, 0) is 30.5 Å². The van der Waals surface area contributed by atoms with Gasteiger partial charge < -0.3 is 11.1 Å². The quantitative estimate of drug-likeness (QED) is 0.808. The highest BCUT2D eigenvalue weighted by atomic mass is 35.5. The number of hydrogen-bond acceptors (Lipinski definition) is 2. The van der Waals surface area contributed by atoms with Crippen LogP contribution in [0.1, 0.15) is 32.4 Å². The lowest BCUT2D eigenvalue weighted by atomic mass is 9.94. The molecule has 0 radical (unpaired) electrons. The van der Waals surface area contributed by atoms with Gasteiger partial charge >= 0.3 is 0 Å². The van der Waals surface area contributed by atoms with E-state index < -0.39 is 5.92 Å². The first-order valence-corrected chi connectivity index (χ1v) is 7.45. The molecule has 2 atom stereocenters. The minimum absolute atomic E-state index is 0.0420. The van der Waals surface area contributed by atoms with Crippen molar-refractivity contribution in [1.82, 2.24) is 5.32 Å². The fourth-order valence-corrected chi connectivity index (χ4v) is 2.95. The summed E-state index contributed by atoms with van der Waals surface area (Å²) in [5, 5.41) is 3.96. The molecule has 1 aromatic rings. The molecule has 1 aromatic carbocycles. The fraction of sp³-hybridized carbons (Fsp3) is 0.429. The van der Waals surface area contributed by atoms with E-state index in [-0.39, 0.29) is 22.9 Å². The average molecular weight is 333 g/mol. The van der Waals surface area contributed by atoms with E-state index in [1.807, 2.05) is 20.8 Å². The molecule has 20 heavy (non-hydrogen) atoms. The van der Waals surface area contributed by atoms with Crippen molar-refractivity contribution in [1.29, 1.82) is 0 Å². The molecule has 1 amide bonds. The van der Waals surface area contributed by atoms with Crippen LogP contribution in [0.4, 0.5) is 0 Å². The highest BCUT2D eigenvalue weighted by Gasteiger charge is 2.26. The Balaban J connectivity index is 2.86. The second-order valence-corrected chi connectivity index (χ2v) is 6.34. The molecule has 110 valence electrons. The number of nitrogens with two attached hydrogens (primary N) is 1. The smallest absolute Gasteiger partial charge is 0.230 e. The van der Waals surface area contributed by atoms with Crippen molar-refractivity contribution >= 4 is 46.3 Å². The number of halogens is 2. The van der Waals surface area contributed by atoms with Gasteiger partial charge in [-0.25, -0.2) is 0 Å². The van der Waals surface area contributed by atoms with Crippen molar-refractivity contribution in [3.05, 3.63) is 33.8 Å². The zero-order valence-corrected chi connectivity index (χ0v) is 13.9. The lowest BCUT2D eigenvalue weighted by molar-refractivity contribution is -0.124. The Labute approximate surface area is 134 Å². The molecule has 0 aliphatic rings. The van der Waals surface area contributed by atoms with E-state index in [0.717, 1.165) is 5.56 Å². The second kappa shape index (κ2) is 7.25. The lowest BCUT2D eigenvalue weighted by Crippen LogP contribution is -2.41. The summed E-state index contributed by atoms with van der Waals surface area (Å²) in [7, 11) is 0. The largest absolute Gasteiger partial charge is 0.393 e. The third-order valence-corrected chi connectivity index (χ3v) is 3.86. The number of thiocarbonyl (C=S) groups is 1. The first kappa shape index (κ1) is 17.2. The molecule has 2 unspecified atom stereocenters. The standard InChI is InChI=1S/C14H18Cl2N2OS/c1-7(2)12(13(17)20)14(19)18-8(3)10-5-4-9(15)6-11(10)16/h4-8,12H,1-3H3,(H2,17,20)(H,18,19). The van der Waals surface area contributed by atoms with Crippen LogP contribution in [0.2, 0.25) is 10.0 Å². The first-order chi connectivity index (χ1) is 9.23. The number of carbonyl (C=O) groups excluding carboxylic acids is 1. The van der Waals surface area contributed by atoms with E-state index in [2.05, 4.69) is 5.32 Å². The molecule has 0 aromatic heterocycles. The number of nitrogens with one attached hydrogen (secondary N) is 1. The van der Waals surface area contributed by atoms with Gasteiger partial charge in [0.15, 0.2) is 0 Å². The Morgan fingerprint density at radius 2 is 1.90 bits per heavy atom. The van der Waals surface area contributed by atoms with Crippen molar-refractivity contribution in [2.45, 2.75) is 26.8 Å². The lowest BCUT2D eigenvalue weighted by Gasteiger charge is -2.22. The summed E-state index contributed by atoms with van der Waals surface area (Å²) < 4.78 is 0. The zero-order valence-electron chi connectivity index (χ0n) is 11.6. The molecule has 3 nitrogen and oxygen atoms in total. The molecule has 0 fully saturated rings. The van der Waals surface area contributed by atoms with Crippen LogP contribution in [0.25, 0.3) is 0 Å². The average Bonchev–Trinajstić information content (AvgIpc) is 2.26. The van der Waals surface area contributed by atoms with Gasteiger partial charge in [0.25, 0.3) is 0 Å². The Bertz CT molecular complexity index is 520. The maximum Gasteiger partial charge on any atom is 0.230 e. The highest BCUT2D eigenvalue weighted by Crippen LogP contribution is 2.26. The van der Waals surface area contributed by atoms with Crippen molar-refractivity contribution in [2.75, 3.05) is 0 Å². The van der Waals surface area contributed by atoms with Crippen LogP contribution < -0.4 is 11.1 Å². The zero-order chi connectivity index (χ0) is 15.4. The van der Waals surface area contributed by atoms with E-state index in [1.54, 1.807) is 18.2 Å². The maximum atomic E-state index is 12.2. The monoisotopic (exact) mass is 332 g/mol. The number of hydrogen-bond donors (Lipinski definition) is 2. The summed E-state index contributed by atoms with van der Waals surface area (Å²) in [5.41, 5.74) is 6.43. The van der Waals surface area contributed by atoms with Crippen molar-refractivity contribution in [3.63, 3.8) is 0 Å². The predicted molar refractivity (Wildman–Crippen MR) is 88.1 cm³/mol. The minimum atomic E-state index is -0.487. The number of carbonyl (C=O) groups is 1. The van der Waals surface area contributed by atoms with Gasteiger partial charge in [0.2, 0.25) is 5.91 Å². The van der Waals surface area contributed by atoms with Crippen LogP contribution >= 0.6 is 35.4 Å². The summed E-state index contributed by atoms with van der Waals surface area (Å²) in [6, 6.07) is 4.93. The van der Waals surface area contributed by atoms with E-state index >= 15 is 0 Å². The van der Waals surface area contributed by atoms with Crippen LogP contribution in [0.3, 0.4) is 0 Å². The molecule has 0 bridgehead atoms. The Morgan fingerprint density at radius 3 is 2.35 bits per heavy atom. The van der Waals surface area contributed by atoms with Gasteiger partial charge in [-0.2, -0.15) is 0 Å². The van der Waals surface area contributed by atoms with E-state index in [4.69, 9.17) is 41.2 Å². The number of benzene rings is 1. The fourth-order valence-electron chi connectivity index (χ4n) is 1.99. The summed E-state index contributed by atoms with van der Waals surface area (Å²) in [6.07, 6.45) is 0. The van der Waals surface area contributed by atoms with Crippen LogP contribution in [0.5, 0.6) is 0 Å². The minimum Gasteiger partial charge on any atom is -0.393 e. The van der Waals surface area contributed by atoms with E-state index in [1.165, 1.54) is 0 Å². The topological polar surface area (TPSA) is 55.1 Å². The number of amides is 1. The molecule has 6 heteroatoms. The molecule has 0 aliphatic carbocycles. The molecule has 0 saturated carbocycles. The Morgan fingerprint density at radius 1 is 1.30 bits per heavy atom. The van der Waals surface area contributed by atoms with Crippen molar-refractivity contribution in [3.8, 4) is 0 Å². The van der Waals surface area contributed by atoms with Crippen LogP contribution in [-0.4, -0.2) is 10.9 Å². The molecule has 0 saturated heterocycles. The van der Waals surface area contributed by atoms with Crippen LogP contribution in [0, 0.1) is 11.8 Å². The van der Waals surface area contributed by atoms with E-state index in [0.29, 0.717) is 10.0 Å².